The molecule has 4 N–H and O–H groups in total. The first-order valence-corrected chi connectivity index (χ1v) is 8.88. The molecule has 170 valence electrons. The van der Waals surface area contributed by atoms with Gasteiger partial charge in [-0.1, -0.05) is 12.1 Å². The summed E-state index contributed by atoms with van der Waals surface area (Å²) in [6.07, 6.45) is -4.62. The highest BCUT2D eigenvalue weighted by atomic mass is 19.4. The first-order valence-electron chi connectivity index (χ1n) is 8.88. The standard InChI is InChI=1S/C19H17F3N4O6/c20-19(21,22)10-32-13-5-6-15(26(30)31)14(7-13)18(29)24-8-11-1-3-12(4-2-11)17(28)25-9-16(23)27/h1-7H,8-10H2,(H2,23,27)(H,24,29)(H,25,28). The molecular weight excluding hydrogens is 437 g/mol. The number of rotatable bonds is 9. The first-order chi connectivity index (χ1) is 15.0. The Bertz CT molecular complexity index is 1020. The third-order valence-electron chi connectivity index (χ3n) is 3.90. The van der Waals surface area contributed by atoms with Crippen LogP contribution < -0.4 is 21.1 Å². The van der Waals surface area contributed by atoms with Gasteiger partial charge in [-0.3, -0.25) is 24.5 Å². The second-order valence-corrected chi connectivity index (χ2v) is 6.37. The van der Waals surface area contributed by atoms with Crippen LogP contribution >= 0.6 is 0 Å². The average molecular weight is 454 g/mol. The van der Waals surface area contributed by atoms with Gasteiger partial charge in [0.25, 0.3) is 17.5 Å². The Morgan fingerprint density at radius 2 is 1.69 bits per heavy atom. The highest BCUT2D eigenvalue weighted by molar-refractivity contribution is 5.98. The van der Waals surface area contributed by atoms with Crippen LogP contribution in [0.2, 0.25) is 0 Å². The molecule has 0 saturated carbocycles. The normalized spacial score (nSPS) is 10.8. The lowest BCUT2D eigenvalue weighted by molar-refractivity contribution is -0.385. The second-order valence-electron chi connectivity index (χ2n) is 6.37. The summed E-state index contributed by atoms with van der Waals surface area (Å²) in [6.45, 7) is -2.04. The van der Waals surface area contributed by atoms with E-state index < -0.39 is 46.7 Å². The molecule has 32 heavy (non-hydrogen) atoms. The molecule has 10 nitrogen and oxygen atoms in total. The molecule has 0 aliphatic carbocycles. The van der Waals surface area contributed by atoms with Gasteiger partial charge in [0.2, 0.25) is 5.91 Å². The highest BCUT2D eigenvalue weighted by Crippen LogP contribution is 2.26. The van der Waals surface area contributed by atoms with E-state index in [1.165, 1.54) is 24.3 Å². The van der Waals surface area contributed by atoms with E-state index in [0.717, 1.165) is 18.2 Å². The van der Waals surface area contributed by atoms with Crippen LogP contribution in [0.3, 0.4) is 0 Å². The highest BCUT2D eigenvalue weighted by Gasteiger charge is 2.29. The molecule has 2 aromatic rings. The van der Waals surface area contributed by atoms with Crippen molar-refractivity contribution < 1.29 is 37.2 Å². The number of nitrogens with one attached hydrogen (secondary N) is 2. The second kappa shape index (κ2) is 10.2. The summed E-state index contributed by atoms with van der Waals surface area (Å²) < 4.78 is 41.5. The van der Waals surface area contributed by atoms with Gasteiger partial charge in [0.1, 0.15) is 11.3 Å². The number of hydrogen-bond acceptors (Lipinski definition) is 6. The number of hydrogen-bond donors (Lipinski definition) is 3. The average Bonchev–Trinajstić information content (AvgIpc) is 2.73. The number of nitrogens with two attached hydrogens (primary N) is 1. The lowest BCUT2D eigenvalue weighted by Crippen LogP contribution is -2.33. The van der Waals surface area contributed by atoms with E-state index in [9.17, 15) is 37.7 Å². The molecule has 0 spiro atoms. The largest absolute Gasteiger partial charge is 0.484 e. The summed E-state index contributed by atoms with van der Waals surface area (Å²) in [5.41, 5.74) is 4.61. The van der Waals surface area contributed by atoms with E-state index in [-0.39, 0.29) is 24.4 Å². The van der Waals surface area contributed by atoms with Gasteiger partial charge in [0.15, 0.2) is 6.61 Å². The number of nitro groups is 1. The number of benzene rings is 2. The summed E-state index contributed by atoms with van der Waals surface area (Å²) in [5.74, 6) is -2.51. The van der Waals surface area contributed by atoms with Crippen LogP contribution in [0.4, 0.5) is 18.9 Å². The van der Waals surface area contributed by atoms with Gasteiger partial charge < -0.3 is 21.1 Å². The number of carbonyl (C=O) groups excluding carboxylic acids is 3. The zero-order valence-corrected chi connectivity index (χ0v) is 16.3. The minimum atomic E-state index is -4.62. The Balaban J connectivity index is 2.07. The minimum Gasteiger partial charge on any atom is -0.484 e. The maximum atomic E-state index is 12.4. The van der Waals surface area contributed by atoms with Crippen LogP contribution in [0.15, 0.2) is 42.5 Å². The predicted octanol–water partition coefficient (Wildman–Crippen LogP) is 1.68. The number of alkyl halides is 3. The molecule has 0 aliphatic heterocycles. The molecule has 13 heteroatoms. The topological polar surface area (TPSA) is 154 Å². The molecule has 2 aromatic carbocycles. The molecule has 0 heterocycles. The van der Waals surface area contributed by atoms with Crippen LogP contribution in [0.5, 0.6) is 5.75 Å². The third kappa shape index (κ3) is 7.27. The minimum absolute atomic E-state index is 0.0905. The van der Waals surface area contributed by atoms with E-state index in [1.54, 1.807) is 0 Å². The Kier molecular flexibility index (Phi) is 7.71. The van der Waals surface area contributed by atoms with Crippen LogP contribution in [0, 0.1) is 10.1 Å². The van der Waals surface area contributed by atoms with Crippen molar-refractivity contribution in [3.8, 4) is 5.75 Å². The van der Waals surface area contributed by atoms with Crippen LogP contribution in [-0.4, -0.2) is 42.0 Å². The van der Waals surface area contributed by atoms with Crippen molar-refractivity contribution in [1.29, 1.82) is 0 Å². The summed E-state index contributed by atoms with van der Waals surface area (Å²) in [7, 11) is 0. The zero-order valence-electron chi connectivity index (χ0n) is 16.3. The van der Waals surface area contributed by atoms with Crippen molar-refractivity contribution in [3.05, 3.63) is 69.3 Å². The molecule has 0 unspecified atom stereocenters. The molecule has 0 atom stereocenters. The fourth-order valence-electron chi connectivity index (χ4n) is 2.43. The number of ether oxygens (including phenoxy) is 1. The smallest absolute Gasteiger partial charge is 0.422 e. The lowest BCUT2D eigenvalue weighted by atomic mass is 10.1. The lowest BCUT2D eigenvalue weighted by Gasteiger charge is -2.11. The summed E-state index contributed by atoms with van der Waals surface area (Å²) in [6, 6.07) is 8.53. The van der Waals surface area contributed by atoms with E-state index in [0.29, 0.717) is 5.56 Å². The SMILES string of the molecule is NC(=O)CNC(=O)c1ccc(CNC(=O)c2cc(OCC(F)(F)F)ccc2[N+](=O)[O-])cc1. The van der Waals surface area contributed by atoms with Crippen molar-refractivity contribution in [1.82, 2.24) is 10.6 Å². The van der Waals surface area contributed by atoms with Gasteiger partial charge in [-0.2, -0.15) is 13.2 Å². The Hall–Kier alpha value is -4.16. The van der Waals surface area contributed by atoms with Gasteiger partial charge in [-0.25, -0.2) is 0 Å². The molecular formula is C19H17F3N4O6. The summed E-state index contributed by atoms with van der Waals surface area (Å²) in [4.78, 5) is 45.3. The van der Waals surface area contributed by atoms with Gasteiger partial charge >= 0.3 is 6.18 Å². The van der Waals surface area contributed by atoms with Crippen molar-refractivity contribution in [3.63, 3.8) is 0 Å². The zero-order chi connectivity index (χ0) is 23.9. The van der Waals surface area contributed by atoms with Crippen LogP contribution in [0.25, 0.3) is 0 Å². The van der Waals surface area contributed by atoms with Gasteiger partial charge in [-0.05, 0) is 29.8 Å². The number of primary amides is 1. The van der Waals surface area contributed by atoms with Crippen molar-refractivity contribution in [2.24, 2.45) is 5.73 Å². The first kappa shape index (κ1) is 24.1. The summed E-state index contributed by atoms with van der Waals surface area (Å²) >= 11 is 0. The number of halogens is 3. The van der Waals surface area contributed by atoms with Crippen LogP contribution in [-0.2, 0) is 11.3 Å². The number of nitrogens with zero attached hydrogens (tertiary/aromatic N) is 1. The predicted molar refractivity (Wildman–Crippen MR) is 104 cm³/mol. The van der Waals surface area contributed by atoms with E-state index in [4.69, 9.17) is 5.73 Å². The fourth-order valence-corrected chi connectivity index (χ4v) is 2.43. The molecule has 3 amide bonds. The van der Waals surface area contributed by atoms with Gasteiger partial charge in [0.05, 0.1) is 11.5 Å². The van der Waals surface area contributed by atoms with E-state index in [1.807, 2.05) is 0 Å². The molecule has 0 radical (unpaired) electrons. The van der Waals surface area contributed by atoms with Gasteiger partial charge in [0, 0.05) is 18.2 Å². The number of nitro benzene ring substituents is 1. The Morgan fingerprint density at radius 1 is 1.03 bits per heavy atom. The Labute approximate surface area is 178 Å². The van der Waals surface area contributed by atoms with E-state index >= 15 is 0 Å². The maximum absolute atomic E-state index is 12.4. The third-order valence-corrected chi connectivity index (χ3v) is 3.90. The number of amides is 3. The van der Waals surface area contributed by atoms with Crippen LogP contribution in [0.1, 0.15) is 26.3 Å². The molecule has 0 aromatic heterocycles. The molecule has 0 aliphatic rings. The van der Waals surface area contributed by atoms with Crippen molar-refractivity contribution in [2.45, 2.75) is 12.7 Å². The van der Waals surface area contributed by atoms with Crippen molar-refractivity contribution in [2.75, 3.05) is 13.2 Å². The molecule has 0 bridgehead atoms. The molecule has 2 rings (SSSR count). The molecule has 0 fully saturated rings. The van der Waals surface area contributed by atoms with E-state index in [2.05, 4.69) is 15.4 Å². The Morgan fingerprint density at radius 3 is 2.25 bits per heavy atom. The maximum Gasteiger partial charge on any atom is 0.422 e. The molecule has 0 saturated heterocycles. The summed E-state index contributed by atoms with van der Waals surface area (Å²) in [5, 5.41) is 15.9. The fraction of sp³-hybridized carbons (Fsp3) is 0.211. The van der Waals surface area contributed by atoms with Crippen molar-refractivity contribution >= 4 is 23.4 Å². The van der Waals surface area contributed by atoms with Gasteiger partial charge in [-0.15, -0.1) is 0 Å². The monoisotopic (exact) mass is 454 g/mol. The number of carbonyl (C=O) groups is 3. The quantitative estimate of drug-likeness (QED) is 0.387.